The number of thiazole rings is 1. The lowest BCUT2D eigenvalue weighted by atomic mass is 10.0. The predicted molar refractivity (Wildman–Crippen MR) is 141 cm³/mol. The number of nitrogens with two attached hydrogens (primary N) is 1. The first kappa shape index (κ1) is 26.5. The summed E-state index contributed by atoms with van der Waals surface area (Å²) in [5.41, 5.74) is 8.77. The van der Waals surface area contributed by atoms with Crippen molar-refractivity contribution in [3.05, 3.63) is 45.5 Å². The fourth-order valence-corrected chi connectivity index (χ4v) is 7.14. The van der Waals surface area contributed by atoms with Crippen molar-refractivity contribution in [3.8, 4) is 0 Å². The predicted octanol–water partition coefficient (Wildman–Crippen LogP) is 0.205. The number of aliphatic imine (C=N–C) groups is 1. The third-order valence-corrected chi connectivity index (χ3v) is 8.84. The number of hydrogen-bond donors (Lipinski definition) is 6. The molecular formula is C20H19N9O7S3. The van der Waals surface area contributed by atoms with E-state index in [4.69, 9.17) is 5.73 Å². The number of oxime groups is 1. The summed E-state index contributed by atoms with van der Waals surface area (Å²) in [7, 11) is 0. The van der Waals surface area contributed by atoms with E-state index in [2.05, 4.69) is 26.0 Å². The minimum Gasteiger partial charge on any atom is -0.477 e. The number of fused-ring (bicyclic) bond motifs is 2. The highest BCUT2D eigenvalue weighted by molar-refractivity contribution is 8.03. The van der Waals surface area contributed by atoms with E-state index in [0.717, 1.165) is 21.2 Å². The fourth-order valence-electron chi connectivity index (χ4n) is 4.04. The summed E-state index contributed by atoms with van der Waals surface area (Å²) in [5, 5.41) is 37.8. The Morgan fingerprint density at radius 1 is 1.36 bits per heavy atom. The van der Waals surface area contributed by atoms with Crippen LogP contribution in [-0.4, -0.2) is 93.5 Å². The number of aromatic nitrogens is 1. The first-order valence-corrected chi connectivity index (χ1v) is 13.8. The minimum absolute atomic E-state index is 0.0390. The topological polar surface area (TPSA) is 226 Å². The van der Waals surface area contributed by atoms with Crippen molar-refractivity contribution in [2.45, 2.75) is 18.3 Å². The summed E-state index contributed by atoms with van der Waals surface area (Å²) in [4.78, 5) is 58.5. The van der Waals surface area contributed by atoms with E-state index in [1.54, 1.807) is 13.0 Å². The molecule has 0 aromatic carbocycles. The molecule has 0 unspecified atom stereocenters. The lowest BCUT2D eigenvalue weighted by Crippen LogP contribution is -2.71. The van der Waals surface area contributed by atoms with Gasteiger partial charge < -0.3 is 26.5 Å². The zero-order valence-electron chi connectivity index (χ0n) is 19.8. The van der Waals surface area contributed by atoms with Crippen LogP contribution in [0.25, 0.3) is 0 Å². The second-order valence-corrected chi connectivity index (χ2v) is 11.2. The van der Waals surface area contributed by atoms with E-state index in [0.29, 0.717) is 22.1 Å². The van der Waals surface area contributed by atoms with Crippen molar-refractivity contribution >= 4 is 75.3 Å². The molecule has 0 saturated carbocycles. The maximum Gasteiger partial charge on any atom is 0.427 e. The average Bonchev–Trinajstić information content (AvgIpc) is 3.52. The zero-order valence-corrected chi connectivity index (χ0v) is 22.2. The zero-order chi connectivity index (χ0) is 28.0. The molecule has 204 valence electrons. The number of hydrazine groups is 2. The Bertz CT molecular complexity index is 1450. The minimum atomic E-state index is -1.29. The molecule has 7 N–H and O–H groups in total. The summed E-state index contributed by atoms with van der Waals surface area (Å²) in [5.74, 6) is -1.98. The van der Waals surface area contributed by atoms with Crippen LogP contribution < -0.4 is 16.6 Å². The summed E-state index contributed by atoms with van der Waals surface area (Å²) in [6.45, 7) is 1.74. The standard InChI is InChI=1S/C20H19N9O7S3/c1-7-2-11(29-10(22-7)3-27(26-29)20(34)35)37-4-8-5-38-17-13(16(31)28(17)14(8)18(32)33)24-15(30)12(25-36)9-6-39-19(21)23-9/h2-3,6,13,17,26,36H,4-5H2,1H3,(H2,21,23)(H,24,30)(H,32,33)(H,34,35)/b25-12-/t13-,17-/m1/s1. The van der Waals surface area contributed by atoms with Crippen molar-refractivity contribution in [3.63, 3.8) is 0 Å². The number of amides is 3. The molecule has 1 saturated heterocycles. The van der Waals surface area contributed by atoms with Gasteiger partial charge in [-0.05, 0) is 18.6 Å². The van der Waals surface area contributed by atoms with Crippen molar-refractivity contribution in [2.75, 3.05) is 17.2 Å². The van der Waals surface area contributed by atoms with Crippen LogP contribution in [0.5, 0.6) is 0 Å². The first-order chi connectivity index (χ1) is 18.6. The van der Waals surface area contributed by atoms with Gasteiger partial charge in [0.15, 0.2) is 16.7 Å². The van der Waals surface area contributed by atoms with Crippen LogP contribution in [0.2, 0.25) is 0 Å². The number of hydrogen-bond acceptors (Lipinski definition) is 14. The van der Waals surface area contributed by atoms with Gasteiger partial charge in [0.2, 0.25) is 0 Å². The SMILES string of the molecule is CC1=NC2=CN(C(=O)O)NN2C(SCC2=C(C(=O)O)N3C(=O)[C@@H](NC(=O)/C(=N\O)c4csc(N)n4)[C@H]3SC2)=C1. The Labute approximate surface area is 231 Å². The van der Waals surface area contributed by atoms with Gasteiger partial charge >= 0.3 is 12.1 Å². The molecule has 0 spiro atoms. The van der Waals surface area contributed by atoms with Gasteiger partial charge in [-0.3, -0.25) is 14.5 Å². The van der Waals surface area contributed by atoms with Crippen molar-refractivity contribution in [1.82, 2.24) is 30.8 Å². The monoisotopic (exact) mass is 593 g/mol. The normalized spacial score (nSPS) is 22.5. The van der Waals surface area contributed by atoms with Gasteiger partial charge in [-0.2, -0.15) is 5.01 Å². The fraction of sp³-hybridized carbons (Fsp3) is 0.250. The highest BCUT2D eigenvalue weighted by atomic mass is 32.2. The molecule has 5 heterocycles. The Morgan fingerprint density at radius 2 is 2.13 bits per heavy atom. The molecule has 4 aliphatic rings. The van der Waals surface area contributed by atoms with Crippen LogP contribution in [0.4, 0.5) is 9.93 Å². The second-order valence-electron chi connectivity index (χ2n) is 8.24. The van der Waals surface area contributed by atoms with Crippen molar-refractivity contribution < 1.29 is 34.6 Å². The van der Waals surface area contributed by atoms with Gasteiger partial charge in [0, 0.05) is 22.6 Å². The van der Waals surface area contributed by atoms with Crippen LogP contribution >= 0.6 is 34.9 Å². The lowest BCUT2D eigenvalue weighted by Gasteiger charge is -2.49. The molecule has 1 aromatic heterocycles. The van der Waals surface area contributed by atoms with Crippen LogP contribution in [0.3, 0.4) is 0 Å². The number of β-lactam (4-membered cyclic amide) rings is 1. The number of aliphatic carboxylic acids is 1. The maximum atomic E-state index is 13.0. The van der Waals surface area contributed by atoms with Gasteiger partial charge in [-0.25, -0.2) is 24.6 Å². The van der Waals surface area contributed by atoms with E-state index in [-0.39, 0.29) is 28.0 Å². The molecule has 5 rings (SSSR count). The smallest absolute Gasteiger partial charge is 0.427 e. The molecule has 0 radical (unpaired) electrons. The molecule has 39 heavy (non-hydrogen) atoms. The molecule has 0 aliphatic carbocycles. The summed E-state index contributed by atoms with van der Waals surface area (Å²) in [6.07, 6.45) is 1.80. The first-order valence-electron chi connectivity index (χ1n) is 10.9. The van der Waals surface area contributed by atoms with E-state index in [1.807, 2.05) is 0 Å². The molecule has 2 atom stereocenters. The molecule has 3 amide bonds. The highest BCUT2D eigenvalue weighted by Gasteiger charge is 2.54. The number of thioether (sulfide) groups is 2. The van der Waals surface area contributed by atoms with Crippen LogP contribution in [0.15, 0.2) is 49.9 Å². The number of carbonyl (C=O) groups is 4. The molecule has 19 heteroatoms. The van der Waals surface area contributed by atoms with Crippen molar-refractivity contribution in [2.24, 2.45) is 10.1 Å². The second kappa shape index (κ2) is 10.2. The molecular weight excluding hydrogens is 574 g/mol. The Balaban J connectivity index is 1.29. The van der Waals surface area contributed by atoms with Crippen molar-refractivity contribution in [1.29, 1.82) is 0 Å². The number of nitrogens with one attached hydrogen (secondary N) is 2. The van der Waals surface area contributed by atoms with Gasteiger partial charge in [0.1, 0.15) is 22.8 Å². The number of carboxylic acids is 1. The quantitative estimate of drug-likeness (QED) is 0.108. The third-order valence-electron chi connectivity index (χ3n) is 5.74. The van der Waals surface area contributed by atoms with E-state index < -0.39 is 41.0 Å². The van der Waals surface area contributed by atoms with E-state index in [1.165, 1.54) is 40.1 Å². The number of rotatable bonds is 7. The van der Waals surface area contributed by atoms with Crippen LogP contribution in [0.1, 0.15) is 12.6 Å². The van der Waals surface area contributed by atoms with E-state index >= 15 is 0 Å². The molecule has 4 aliphatic heterocycles. The van der Waals surface area contributed by atoms with Crippen LogP contribution in [0, 0.1) is 0 Å². The van der Waals surface area contributed by atoms with Crippen LogP contribution in [-0.2, 0) is 14.4 Å². The Hall–Kier alpha value is -4.07. The van der Waals surface area contributed by atoms with Gasteiger partial charge in [-0.15, -0.1) is 40.4 Å². The largest absolute Gasteiger partial charge is 0.477 e. The highest BCUT2D eigenvalue weighted by Crippen LogP contribution is 2.42. The Morgan fingerprint density at radius 3 is 2.77 bits per heavy atom. The van der Waals surface area contributed by atoms with E-state index in [9.17, 15) is 34.6 Å². The number of allylic oxidation sites excluding steroid dienone is 1. The number of nitrogen functional groups attached to an aromatic ring is 1. The summed E-state index contributed by atoms with van der Waals surface area (Å²) < 4.78 is 0. The summed E-state index contributed by atoms with van der Waals surface area (Å²) >= 11 is 3.56. The number of anilines is 1. The number of nitrogens with zero attached hydrogens (tertiary/aromatic N) is 6. The lowest BCUT2D eigenvalue weighted by molar-refractivity contribution is -0.150. The molecule has 16 nitrogen and oxygen atoms in total. The molecule has 1 fully saturated rings. The Kier molecular flexibility index (Phi) is 6.97. The van der Waals surface area contributed by atoms with Gasteiger partial charge in [-0.1, -0.05) is 5.16 Å². The summed E-state index contributed by atoms with van der Waals surface area (Å²) in [6, 6.07) is -1.04. The molecule has 0 bridgehead atoms. The van der Waals surface area contributed by atoms with Gasteiger partial charge in [0.05, 0.1) is 11.2 Å². The number of carboxylic acid groups (broad SMARTS) is 2. The third kappa shape index (κ3) is 4.80. The maximum absolute atomic E-state index is 13.0. The molecule has 1 aromatic rings. The van der Waals surface area contributed by atoms with Gasteiger partial charge in [0.25, 0.3) is 11.8 Å². The number of carbonyl (C=O) groups excluding carboxylic acids is 2. The average molecular weight is 594 g/mol.